The number of allylic oxidation sites excluding steroid dienone is 3. The van der Waals surface area contributed by atoms with E-state index in [-0.39, 0.29) is 17.3 Å². The zero-order valence-corrected chi connectivity index (χ0v) is 19.6. The monoisotopic (exact) mass is 462 g/mol. The van der Waals surface area contributed by atoms with E-state index in [0.29, 0.717) is 36.1 Å². The quantitative estimate of drug-likeness (QED) is 0.441. The lowest BCUT2D eigenvalue weighted by Gasteiger charge is -2.39. The van der Waals surface area contributed by atoms with Crippen molar-refractivity contribution < 1.29 is 9.72 Å². The first-order chi connectivity index (χ1) is 15.9. The van der Waals surface area contributed by atoms with Crippen LogP contribution in [0, 0.1) is 28.4 Å². The highest BCUT2D eigenvalue weighted by atomic mass is 32.1. The fraction of sp³-hybridized carbons (Fsp3) is 0.360. The molecule has 1 aliphatic heterocycles. The summed E-state index contributed by atoms with van der Waals surface area (Å²) in [6.07, 6.45) is 4.86. The Labute approximate surface area is 197 Å². The van der Waals surface area contributed by atoms with Crippen molar-refractivity contribution in [2.75, 3.05) is 4.90 Å². The molecule has 170 valence electrons. The molecule has 0 amide bonds. The van der Waals surface area contributed by atoms with Crippen molar-refractivity contribution in [3.05, 3.63) is 78.4 Å². The Hall–Kier alpha value is -3.44. The lowest BCUT2D eigenvalue weighted by Crippen LogP contribution is -2.38. The number of carbonyl (C=O) groups is 1. The fourth-order valence-corrected chi connectivity index (χ4v) is 5.81. The van der Waals surface area contributed by atoms with Crippen molar-refractivity contribution in [2.45, 2.75) is 58.3 Å². The molecule has 2 aromatic rings. The number of nitriles is 1. The maximum absolute atomic E-state index is 13.2. The minimum atomic E-state index is -0.492. The minimum absolute atomic E-state index is 0.0121. The summed E-state index contributed by atoms with van der Waals surface area (Å²) in [5.74, 6) is -0.241. The number of anilines is 1. The van der Waals surface area contributed by atoms with Crippen LogP contribution in [0.2, 0.25) is 0 Å². The number of thiophene rings is 1. The van der Waals surface area contributed by atoms with E-state index in [0.717, 1.165) is 35.4 Å². The molecule has 0 saturated carbocycles. The average Bonchev–Trinajstić information content (AvgIpc) is 3.26. The molecule has 2 aliphatic rings. The van der Waals surface area contributed by atoms with Crippen molar-refractivity contribution in [3.63, 3.8) is 0 Å². The number of rotatable bonds is 6. The van der Waals surface area contributed by atoms with Gasteiger partial charge in [0.2, 0.25) is 0 Å². The van der Waals surface area contributed by atoms with Gasteiger partial charge in [0.25, 0.3) is 5.69 Å². The van der Waals surface area contributed by atoms with Crippen LogP contribution >= 0.6 is 11.3 Å². The van der Waals surface area contributed by atoms with Gasteiger partial charge in [0.1, 0.15) is 5.82 Å². The highest BCUT2D eigenvalue weighted by Crippen LogP contribution is 2.48. The van der Waals surface area contributed by atoms with E-state index in [1.54, 1.807) is 22.3 Å². The van der Waals surface area contributed by atoms with E-state index < -0.39 is 10.8 Å². The maximum atomic E-state index is 13.2. The lowest BCUT2D eigenvalue weighted by molar-refractivity contribution is -0.384. The molecule has 7 nitrogen and oxygen atoms in total. The van der Waals surface area contributed by atoms with Gasteiger partial charge in [-0.05, 0) is 50.3 Å². The van der Waals surface area contributed by atoms with E-state index in [1.165, 1.54) is 17.0 Å². The molecule has 0 radical (unpaired) electrons. The predicted molar refractivity (Wildman–Crippen MR) is 129 cm³/mol. The first-order valence-corrected chi connectivity index (χ1v) is 12.0. The van der Waals surface area contributed by atoms with Crippen molar-refractivity contribution in [1.82, 2.24) is 0 Å². The molecule has 1 aliphatic carbocycles. The normalized spacial score (nSPS) is 18.4. The van der Waals surface area contributed by atoms with Gasteiger partial charge < -0.3 is 5.73 Å². The van der Waals surface area contributed by atoms with Crippen LogP contribution in [0.3, 0.4) is 0 Å². The maximum Gasteiger partial charge on any atom is 0.271 e. The molecule has 1 aromatic carbocycles. The number of Topliss-reactive ketones (excluding diaryl/α,β-unsaturated/α-hetero) is 1. The third-order valence-corrected chi connectivity index (χ3v) is 7.51. The molecule has 2 N–H and O–H groups in total. The standard InChI is InChI=1S/C25H26N4O3S/c1-3-4-6-17-11-12-22(33-17)23-18(14-26)25(27)28(19-7-5-8-21(30)24(19)23)20-13-16(29(31)32)10-9-15(20)2/h9-13,23H,3-8,27H2,1-2H3. The molecule has 2 heterocycles. The van der Waals surface area contributed by atoms with E-state index in [2.05, 4.69) is 19.1 Å². The molecule has 4 rings (SSSR count). The topological polar surface area (TPSA) is 113 Å². The van der Waals surface area contributed by atoms with Gasteiger partial charge in [0.15, 0.2) is 5.78 Å². The van der Waals surface area contributed by atoms with Crippen LogP contribution in [-0.2, 0) is 11.2 Å². The second-order valence-corrected chi connectivity index (χ2v) is 9.65. The molecular weight excluding hydrogens is 436 g/mol. The number of non-ortho nitro benzene ring substituents is 1. The lowest BCUT2D eigenvalue weighted by atomic mass is 9.78. The Morgan fingerprint density at radius 3 is 2.79 bits per heavy atom. The molecular formula is C25H26N4O3S. The summed E-state index contributed by atoms with van der Waals surface area (Å²) in [6, 6.07) is 10.9. The Kier molecular flexibility index (Phi) is 6.34. The highest BCUT2D eigenvalue weighted by Gasteiger charge is 2.41. The summed E-state index contributed by atoms with van der Waals surface area (Å²) >= 11 is 1.63. The Bertz CT molecular complexity index is 1230. The number of benzene rings is 1. The molecule has 0 fully saturated rings. The van der Waals surface area contributed by atoms with Crippen LogP contribution in [-0.4, -0.2) is 10.7 Å². The van der Waals surface area contributed by atoms with Crippen LogP contribution < -0.4 is 10.6 Å². The zero-order valence-electron chi connectivity index (χ0n) is 18.8. The summed E-state index contributed by atoms with van der Waals surface area (Å²) in [7, 11) is 0. The first-order valence-electron chi connectivity index (χ1n) is 11.2. The molecule has 1 atom stereocenters. The fourth-order valence-electron chi connectivity index (χ4n) is 4.63. The molecule has 8 heteroatoms. The summed E-state index contributed by atoms with van der Waals surface area (Å²) in [5.41, 5.74) is 9.52. The Balaban J connectivity index is 1.91. The van der Waals surface area contributed by atoms with Crippen LogP contribution in [0.4, 0.5) is 11.4 Å². The third-order valence-electron chi connectivity index (χ3n) is 6.30. The predicted octanol–water partition coefficient (Wildman–Crippen LogP) is 5.61. The summed E-state index contributed by atoms with van der Waals surface area (Å²) in [6.45, 7) is 3.99. The number of unbranched alkanes of at least 4 members (excludes halogenated alkanes) is 1. The van der Waals surface area contributed by atoms with E-state index in [4.69, 9.17) is 5.73 Å². The van der Waals surface area contributed by atoms with E-state index in [9.17, 15) is 20.2 Å². The van der Waals surface area contributed by atoms with Gasteiger partial charge in [-0.25, -0.2) is 0 Å². The molecule has 0 spiro atoms. The van der Waals surface area contributed by atoms with E-state index in [1.807, 2.05) is 13.0 Å². The number of nitrogens with two attached hydrogens (primary N) is 1. The second-order valence-electron chi connectivity index (χ2n) is 8.45. The number of aryl methyl sites for hydroxylation is 2. The first kappa shape index (κ1) is 22.7. The number of ketones is 1. The smallest absolute Gasteiger partial charge is 0.271 e. The summed E-state index contributed by atoms with van der Waals surface area (Å²) in [4.78, 5) is 28.1. The van der Waals surface area contributed by atoms with Gasteiger partial charge in [0, 0.05) is 39.6 Å². The minimum Gasteiger partial charge on any atom is -0.384 e. The van der Waals surface area contributed by atoms with Crippen molar-refractivity contribution >= 4 is 28.5 Å². The van der Waals surface area contributed by atoms with Crippen molar-refractivity contribution in [1.29, 1.82) is 5.26 Å². The van der Waals surface area contributed by atoms with Crippen LogP contribution in [0.5, 0.6) is 0 Å². The van der Waals surface area contributed by atoms with Crippen LogP contribution in [0.1, 0.15) is 60.3 Å². The Morgan fingerprint density at radius 2 is 2.09 bits per heavy atom. The number of carbonyl (C=O) groups excluding carboxylic acids is 1. The average molecular weight is 463 g/mol. The molecule has 0 saturated heterocycles. The number of hydrogen-bond acceptors (Lipinski definition) is 7. The van der Waals surface area contributed by atoms with Crippen molar-refractivity contribution in [2.24, 2.45) is 5.73 Å². The number of hydrogen-bond donors (Lipinski definition) is 1. The van der Waals surface area contributed by atoms with Gasteiger partial charge in [0.05, 0.1) is 28.2 Å². The third kappa shape index (κ3) is 4.05. The Morgan fingerprint density at radius 1 is 1.30 bits per heavy atom. The van der Waals surface area contributed by atoms with E-state index >= 15 is 0 Å². The molecule has 0 bridgehead atoms. The second kappa shape index (κ2) is 9.20. The molecule has 33 heavy (non-hydrogen) atoms. The van der Waals surface area contributed by atoms with Gasteiger partial charge in [-0.3, -0.25) is 19.8 Å². The van der Waals surface area contributed by atoms with Crippen molar-refractivity contribution in [3.8, 4) is 6.07 Å². The number of nitro benzene ring substituents is 1. The molecule has 1 aromatic heterocycles. The SMILES string of the molecule is CCCCc1ccc(C2C(C#N)=C(N)N(c3cc([N+](=O)[O-])ccc3C)C3=C2C(=O)CCC3)s1. The summed E-state index contributed by atoms with van der Waals surface area (Å²) < 4.78 is 0. The van der Waals surface area contributed by atoms with Gasteiger partial charge >= 0.3 is 0 Å². The number of nitro groups is 1. The highest BCUT2D eigenvalue weighted by molar-refractivity contribution is 7.12. The largest absolute Gasteiger partial charge is 0.384 e. The van der Waals surface area contributed by atoms with Gasteiger partial charge in [-0.15, -0.1) is 11.3 Å². The molecule has 1 unspecified atom stereocenters. The summed E-state index contributed by atoms with van der Waals surface area (Å²) in [5, 5.41) is 21.6. The van der Waals surface area contributed by atoms with Gasteiger partial charge in [-0.2, -0.15) is 5.26 Å². The van der Waals surface area contributed by atoms with Crippen LogP contribution in [0.15, 0.2) is 53.0 Å². The zero-order chi connectivity index (χ0) is 23.7. The number of nitrogens with zero attached hydrogens (tertiary/aromatic N) is 3. The van der Waals surface area contributed by atoms with Crippen LogP contribution in [0.25, 0.3) is 0 Å². The van der Waals surface area contributed by atoms with Gasteiger partial charge in [-0.1, -0.05) is 19.4 Å².